The largest absolute Gasteiger partial charge is 0.343 e. The van der Waals surface area contributed by atoms with Gasteiger partial charge in [-0.3, -0.25) is 4.79 Å². The van der Waals surface area contributed by atoms with Crippen LogP contribution in [-0.2, 0) is 14.8 Å². The first-order chi connectivity index (χ1) is 9.40. The molecule has 20 heavy (non-hydrogen) atoms. The first-order valence-electron chi connectivity index (χ1n) is 6.29. The Morgan fingerprint density at radius 3 is 2.60 bits per heavy atom. The third-order valence-corrected chi connectivity index (χ3v) is 4.42. The number of amides is 1. The zero-order valence-electron chi connectivity index (χ0n) is 11.5. The van der Waals surface area contributed by atoms with E-state index in [-0.39, 0.29) is 28.9 Å². The van der Waals surface area contributed by atoms with E-state index in [1.54, 1.807) is 4.90 Å². The normalized spacial score (nSPS) is 11.3. The summed E-state index contributed by atoms with van der Waals surface area (Å²) in [7, 11) is -3.66. The number of halogens is 1. The van der Waals surface area contributed by atoms with E-state index in [0.717, 1.165) is 0 Å². The number of pyridine rings is 1. The molecule has 0 aliphatic carbocycles. The molecule has 6 nitrogen and oxygen atoms in total. The second-order valence-electron chi connectivity index (χ2n) is 4.03. The van der Waals surface area contributed by atoms with Crippen molar-refractivity contribution in [2.24, 2.45) is 0 Å². The SMILES string of the molecule is CCN(CC)C(=O)CCNS(=O)(=O)c1ccnc(Cl)c1. The van der Waals surface area contributed by atoms with Crippen LogP contribution < -0.4 is 4.72 Å². The maximum atomic E-state index is 12.0. The minimum Gasteiger partial charge on any atom is -0.343 e. The van der Waals surface area contributed by atoms with Crippen molar-refractivity contribution in [2.75, 3.05) is 19.6 Å². The van der Waals surface area contributed by atoms with Gasteiger partial charge in [-0.05, 0) is 26.0 Å². The van der Waals surface area contributed by atoms with Crippen molar-refractivity contribution in [3.05, 3.63) is 23.5 Å². The highest BCUT2D eigenvalue weighted by molar-refractivity contribution is 7.89. The lowest BCUT2D eigenvalue weighted by atomic mass is 10.3. The third-order valence-electron chi connectivity index (χ3n) is 2.76. The number of aromatic nitrogens is 1. The Kier molecular flexibility index (Phi) is 6.38. The fourth-order valence-electron chi connectivity index (χ4n) is 1.66. The Morgan fingerprint density at radius 1 is 1.40 bits per heavy atom. The van der Waals surface area contributed by atoms with Gasteiger partial charge in [0.05, 0.1) is 4.90 Å². The Hall–Kier alpha value is -1.18. The number of nitrogens with zero attached hydrogens (tertiary/aromatic N) is 2. The van der Waals surface area contributed by atoms with Gasteiger partial charge in [0.25, 0.3) is 0 Å². The van der Waals surface area contributed by atoms with Crippen LogP contribution in [0.25, 0.3) is 0 Å². The molecule has 0 fully saturated rings. The molecule has 1 aromatic heterocycles. The second-order valence-corrected chi connectivity index (χ2v) is 6.18. The van der Waals surface area contributed by atoms with Crippen LogP contribution >= 0.6 is 11.6 Å². The Balaban J connectivity index is 2.59. The molecule has 0 radical (unpaired) electrons. The zero-order valence-corrected chi connectivity index (χ0v) is 13.0. The van der Waals surface area contributed by atoms with Crippen LogP contribution in [0.15, 0.2) is 23.2 Å². The molecule has 1 amide bonds. The molecular formula is C12H18ClN3O3S. The topological polar surface area (TPSA) is 79.4 Å². The van der Waals surface area contributed by atoms with E-state index in [0.29, 0.717) is 13.1 Å². The smallest absolute Gasteiger partial charge is 0.240 e. The van der Waals surface area contributed by atoms with E-state index in [9.17, 15) is 13.2 Å². The number of nitrogens with one attached hydrogen (secondary N) is 1. The summed E-state index contributed by atoms with van der Waals surface area (Å²) in [6, 6.07) is 2.61. The van der Waals surface area contributed by atoms with Crippen LogP contribution in [-0.4, -0.2) is 43.8 Å². The van der Waals surface area contributed by atoms with Gasteiger partial charge < -0.3 is 4.90 Å². The zero-order chi connectivity index (χ0) is 15.2. The minimum atomic E-state index is -3.66. The molecule has 0 saturated carbocycles. The van der Waals surface area contributed by atoms with Crippen LogP contribution in [0, 0.1) is 0 Å². The van der Waals surface area contributed by atoms with Gasteiger partial charge in [-0.25, -0.2) is 18.1 Å². The number of hydrogen-bond donors (Lipinski definition) is 1. The van der Waals surface area contributed by atoms with Crippen LogP contribution in [0.5, 0.6) is 0 Å². The molecule has 0 atom stereocenters. The van der Waals surface area contributed by atoms with Gasteiger partial charge in [0.15, 0.2) is 0 Å². The van der Waals surface area contributed by atoms with Gasteiger partial charge in [-0.15, -0.1) is 0 Å². The van der Waals surface area contributed by atoms with Crippen LogP contribution in [0.4, 0.5) is 0 Å². The molecule has 8 heteroatoms. The molecule has 0 aliphatic heterocycles. The lowest BCUT2D eigenvalue weighted by molar-refractivity contribution is -0.130. The highest BCUT2D eigenvalue weighted by Gasteiger charge is 2.16. The number of carbonyl (C=O) groups excluding carboxylic acids is 1. The van der Waals surface area contributed by atoms with Crippen molar-refractivity contribution in [3.63, 3.8) is 0 Å². The van der Waals surface area contributed by atoms with Crippen LogP contribution in [0.1, 0.15) is 20.3 Å². The van der Waals surface area contributed by atoms with Gasteiger partial charge in [0.1, 0.15) is 5.15 Å². The summed E-state index contributed by atoms with van der Waals surface area (Å²) in [5.41, 5.74) is 0. The van der Waals surface area contributed by atoms with E-state index in [2.05, 4.69) is 9.71 Å². The number of carbonyl (C=O) groups is 1. The summed E-state index contributed by atoms with van der Waals surface area (Å²) < 4.78 is 26.3. The summed E-state index contributed by atoms with van der Waals surface area (Å²) in [6.45, 7) is 5.04. The summed E-state index contributed by atoms with van der Waals surface area (Å²) in [5, 5.41) is 0.104. The van der Waals surface area contributed by atoms with Crippen molar-refractivity contribution >= 4 is 27.5 Å². The summed E-state index contributed by atoms with van der Waals surface area (Å²) in [6.07, 6.45) is 1.44. The Bertz CT molecular complexity index is 559. The van der Waals surface area contributed by atoms with E-state index in [1.807, 2.05) is 13.8 Å². The first kappa shape index (κ1) is 16.9. The molecule has 0 bridgehead atoms. The van der Waals surface area contributed by atoms with Gasteiger partial charge >= 0.3 is 0 Å². The fourth-order valence-corrected chi connectivity index (χ4v) is 2.94. The van der Waals surface area contributed by atoms with Crippen LogP contribution in [0.2, 0.25) is 5.15 Å². The van der Waals surface area contributed by atoms with Crippen molar-refractivity contribution in [2.45, 2.75) is 25.2 Å². The van der Waals surface area contributed by atoms with E-state index in [1.165, 1.54) is 18.3 Å². The Morgan fingerprint density at radius 2 is 2.05 bits per heavy atom. The monoisotopic (exact) mass is 319 g/mol. The van der Waals surface area contributed by atoms with Gasteiger partial charge in [-0.2, -0.15) is 0 Å². The maximum Gasteiger partial charge on any atom is 0.240 e. The van der Waals surface area contributed by atoms with E-state index in [4.69, 9.17) is 11.6 Å². The van der Waals surface area contributed by atoms with Crippen LogP contribution in [0.3, 0.4) is 0 Å². The lowest BCUT2D eigenvalue weighted by Gasteiger charge is -2.18. The average molecular weight is 320 g/mol. The molecule has 1 aromatic rings. The second kappa shape index (κ2) is 7.56. The summed E-state index contributed by atoms with van der Waals surface area (Å²) in [5.74, 6) is -0.0783. The molecule has 0 unspecified atom stereocenters. The Labute approximate surface area is 124 Å². The van der Waals surface area contributed by atoms with Gasteiger partial charge in [0.2, 0.25) is 15.9 Å². The predicted octanol–water partition coefficient (Wildman–Crippen LogP) is 1.27. The van der Waals surface area contributed by atoms with Crippen molar-refractivity contribution < 1.29 is 13.2 Å². The molecule has 0 aliphatic rings. The molecular weight excluding hydrogens is 302 g/mol. The van der Waals surface area contributed by atoms with Gasteiger partial charge in [-0.1, -0.05) is 11.6 Å². The maximum absolute atomic E-state index is 12.0. The molecule has 1 N–H and O–H groups in total. The number of sulfonamides is 1. The first-order valence-corrected chi connectivity index (χ1v) is 8.15. The highest BCUT2D eigenvalue weighted by Crippen LogP contribution is 2.12. The van der Waals surface area contributed by atoms with E-state index < -0.39 is 10.0 Å². The summed E-state index contributed by atoms with van der Waals surface area (Å²) in [4.78, 5) is 17.1. The molecule has 0 saturated heterocycles. The lowest BCUT2D eigenvalue weighted by Crippen LogP contribution is -2.34. The molecule has 1 rings (SSSR count). The average Bonchev–Trinajstić information content (AvgIpc) is 2.40. The van der Waals surface area contributed by atoms with Crippen molar-refractivity contribution in [3.8, 4) is 0 Å². The fraction of sp³-hybridized carbons (Fsp3) is 0.500. The van der Waals surface area contributed by atoms with E-state index >= 15 is 0 Å². The number of hydrogen-bond acceptors (Lipinski definition) is 4. The number of rotatable bonds is 7. The van der Waals surface area contributed by atoms with Gasteiger partial charge in [0, 0.05) is 32.3 Å². The molecule has 0 spiro atoms. The van der Waals surface area contributed by atoms with Crippen molar-refractivity contribution in [1.82, 2.24) is 14.6 Å². The minimum absolute atomic E-state index is 0.0350. The van der Waals surface area contributed by atoms with Crippen molar-refractivity contribution in [1.29, 1.82) is 0 Å². The molecule has 112 valence electrons. The third kappa shape index (κ3) is 4.73. The molecule has 1 heterocycles. The highest BCUT2D eigenvalue weighted by atomic mass is 35.5. The predicted molar refractivity (Wildman–Crippen MR) is 77.0 cm³/mol. The quantitative estimate of drug-likeness (QED) is 0.768. The summed E-state index contributed by atoms with van der Waals surface area (Å²) >= 11 is 5.65. The molecule has 0 aromatic carbocycles. The standard InChI is InChI=1S/C12H18ClN3O3S/c1-3-16(4-2)12(17)6-8-15-20(18,19)10-5-7-14-11(13)9-10/h5,7,9,15H,3-4,6,8H2,1-2H3.